The van der Waals surface area contributed by atoms with Crippen LogP contribution in [0.2, 0.25) is 0 Å². The summed E-state index contributed by atoms with van der Waals surface area (Å²) < 4.78 is 11.4. The molecule has 25 heavy (non-hydrogen) atoms. The molecule has 1 aliphatic heterocycles. The highest BCUT2D eigenvalue weighted by molar-refractivity contribution is 5.96. The molecule has 4 nitrogen and oxygen atoms in total. The molecular formula is C21H23NO3. The van der Waals surface area contributed by atoms with Gasteiger partial charge in [0.05, 0.1) is 18.8 Å². The highest BCUT2D eigenvalue weighted by Gasteiger charge is 2.55. The number of hydrogen-bond donors (Lipinski definition) is 1. The van der Waals surface area contributed by atoms with E-state index in [-0.39, 0.29) is 17.9 Å². The zero-order chi connectivity index (χ0) is 17.6. The van der Waals surface area contributed by atoms with E-state index in [0.717, 1.165) is 24.4 Å². The van der Waals surface area contributed by atoms with Crippen LogP contribution in [0.5, 0.6) is 0 Å². The first-order chi connectivity index (χ1) is 12.1. The molecule has 0 radical (unpaired) electrons. The maximum absolute atomic E-state index is 12.9. The van der Waals surface area contributed by atoms with Crippen molar-refractivity contribution in [1.29, 1.82) is 0 Å². The van der Waals surface area contributed by atoms with Crippen LogP contribution in [0, 0.1) is 11.8 Å². The van der Waals surface area contributed by atoms with E-state index in [1.54, 1.807) is 0 Å². The smallest absolute Gasteiger partial charge is 0.255 e. The Labute approximate surface area is 147 Å². The van der Waals surface area contributed by atoms with Gasteiger partial charge in [-0.2, -0.15) is 0 Å². The summed E-state index contributed by atoms with van der Waals surface area (Å²) in [5, 5.41) is 3.16. The first-order valence-electron chi connectivity index (χ1n) is 8.79. The van der Waals surface area contributed by atoms with Crippen molar-refractivity contribution in [1.82, 2.24) is 5.32 Å². The van der Waals surface area contributed by atoms with Gasteiger partial charge in [-0.3, -0.25) is 4.79 Å². The number of fused-ring (bicyclic) bond motifs is 1. The molecule has 1 saturated carbocycles. The van der Waals surface area contributed by atoms with Gasteiger partial charge in [0.25, 0.3) is 5.91 Å². The fourth-order valence-corrected chi connectivity index (χ4v) is 3.69. The Morgan fingerprint density at radius 2 is 1.92 bits per heavy atom. The first kappa shape index (κ1) is 16.2. The fraction of sp³-hybridized carbons (Fsp3) is 0.381. The zero-order valence-electron chi connectivity index (χ0n) is 14.6. The van der Waals surface area contributed by atoms with Crippen LogP contribution in [0.1, 0.15) is 47.2 Å². The van der Waals surface area contributed by atoms with Crippen molar-refractivity contribution in [3.05, 3.63) is 65.6 Å². The van der Waals surface area contributed by atoms with Crippen LogP contribution in [-0.2, 0) is 4.74 Å². The molecule has 1 aromatic carbocycles. The summed E-state index contributed by atoms with van der Waals surface area (Å²) in [6.07, 6.45) is 0. The van der Waals surface area contributed by atoms with Gasteiger partial charge in [0.15, 0.2) is 0 Å². The molecular weight excluding hydrogens is 314 g/mol. The molecule has 1 aromatic heterocycles. The van der Waals surface area contributed by atoms with Gasteiger partial charge in [-0.25, -0.2) is 0 Å². The van der Waals surface area contributed by atoms with Crippen LogP contribution in [0.3, 0.4) is 0 Å². The summed E-state index contributed by atoms with van der Waals surface area (Å²) in [4.78, 5) is 12.9. The van der Waals surface area contributed by atoms with Crippen molar-refractivity contribution in [3.63, 3.8) is 0 Å². The Morgan fingerprint density at radius 3 is 2.56 bits per heavy atom. The molecule has 1 amide bonds. The van der Waals surface area contributed by atoms with Crippen LogP contribution < -0.4 is 5.32 Å². The third-order valence-corrected chi connectivity index (χ3v) is 5.37. The van der Waals surface area contributed by atoms with E-state index in [2.05, 4.69) is 31.0 Å². The SMILES string of the molecule is C=C(C)c1cc(C(=O)NC2[C@H]3COC[C@@H]23)c(C(C)c2ccccc2)o1. The van der Waals surface area contributed by atoms with Gasteiger partial charge in [0.1, 0.15) is 11.5 Å². The summed E-state index contributed by atoms with van der Waals surface area (Å²) in [6.45, 7) is 9.41. The molecule has 2 heterocycles. The highest BCUT2D eigenvalue weighted by Crippen LogP contribution is 2.44. The molecule has 1 aliphatic carbocycles. The largest absolute Gasteiger partial charge is 0.460 e. The van der Waals surface area contributed by atoms with Gasteiger partial charge in [-0.15, -0.1) is 0 Å². The standard InChI is InChI=1S/C21H23NO3/c1-12(2)18-9-15(21(23)22-19-16-10-24-11-17(16)19)20(25-18)13(3)14-7-5-4-6-8-14/h4-9,13,16-17,19H,1,10-11H2,2-3H3,(H,22,23)/t13?,16-,17+,19?. The fourth-order valence-electron chi connectivity index (χ4n) is 3.69. The molecule has 4 heteroatoms. The van der Waals surface area contributed by atoms with Gasteiger partial charge < -0.3 is 14.5 Å². The van der Waals surface area contributed by atoms with E-state index in [9.17, 15) is 4.79 Å². The van der Waals surface area contributed by atoms with Gasteiger partial charge in [-0.1, -0.05) is 43.8 Å². The number of hydrogen-bond acceptors (Lipinski definition) is 3. The number of ether oxygens (including phenoxy) is 1. The van der Waals surface area contributed by atoms with E-state index in [1.807, 2.05) is 31.2 Å². The summed E-state index contributed by atoms with van der Waals surface area (Å²) in [7, 11) is 0. The Bertz CT molecular complexity index is 798. The number of amides is 1. The van der Waals surface area contributed by atoms with Crippen molar-refractivity contribution in [2.24, 2.45) is 11.8 Å². The third kappa shape index (κ3) is 2.91. The Hall–Kier alpha value is -2.33. The minimum atomic E-state index is -0.0616. The number of allylic oxidation sites excluding steroid dienone is 1. The second-order valence-corrected chi connectivity index (χ2v) is 7.17. The molecule has 2 fully saturated rings. The second-order valence-electron chi connectivity index (χ2n) is 7.17. The second kappa shape index (κ2) is 6.19. The number of nitrogens with one attached hydrogen (secondary N) is 1. The van der Waals surface area contributed by atoms with E-state index in [1.165, 1.54) is 0 Å². The molecule has 2 aromatic rings. The maximum Gasteiger partial charge on any atom is 0.255 e. The highest BCUT2D eigenvalue weighted by atomic mass is 16.5. The van der Waals surface area contributed by atoms with Crippen molar-refractivity contribution < 1.29 is 13.9 Å². The summed E-state index contributed by atoms with van der Waals surface area (Å²) in [5.41, 5.74) is 2.55. The normalized spacial score (nSPS) is 25.3. The number of furan rings is 1. The number of benzene rings is 1. The van der Waals surface area contributed by atoms with Crippen molar-refractivity contribution in [2.75, 3.05) is 13.2 Å². The Kier molecular flexibility index (Phi) is 4.00. The van der Waals surface area contributed by atoms with Crippen LogP contribution >= 0.6 is 0 Å². The van der Waals surface area contributed by atoms with Crippen LogP contribution in [0.25, 0.3) is 5.57 Å². The molecule has 1 N–H and O–H groups in total. The molecule has 2 aliphatic rings. The van der Waals surface area contributed by atoms with E-state index in [0.29, 0.717) is 28.9 Å². The molecule has 4 rings (SSSR count). The van der Waals surface area contributed by atoms with Gasteiger partial charge >= 0.3 is 0 Å². The molecule has 2 unspecified atom stereocenters. The summed E-state index contributed by atoms with van der Waals surface area (Å²) >= 11 is 0. The van der Waals surface area contributed by atoms with E-state index >= 15 is 0 Å². The molecule has 0 bridgehead atoms. The minimum Gasteiger partial charge on any atom is -0.460 e. The van der Waals surface area contributed by atoms with Crippen molar-refractivity contribution >= 4 is 11.5 Å². The lowest BCUT2D eigenvalue weighted by atomic mass is 9.96. The molecule has 1 saturated heterocycles. The minimum absolute atomic E-state index is 0.00270. The Morgan fingerprint density at radius 1 is 1.24 bits per heavy atom. The molecule has 4 atom stereocenters. The third-order valence-electron chi connectivity index (χ3n) is 5.37. The maximum atomic E-state index is 12.9. The number of carbonyl (C=O) groups excluding carboxylic acids is 1. The predicted molar refractivity (Wildman–Crippen MR) is 96.4 cm³/mol. The lowest BCUT2D eigenvalue weighted by Crippen LogP contribution is -2.30. The predicted octanol–water partition coefficient (Wildman–Crippen LogP) is 3.84. The zero-order valence-corrected chi connectivity index (χ0v) is 14.6. The first-order valence-corrected chi connectivity index (χ1v) is 8.79. The summed E-state index contributed by atoms with van der Waals surface area (Å²) in [6, 6.07) is 12.2. The lowest BCUT2D eigenvalue weighted by molar-refractivity contribution is 0.0926. The van der Waals surface area contributed by atoms with Crippen LogP contribution in [-0.4, -0.2) is 25.2 Å². The number of carbonyl (C=O) groups is 1. The van der Waals surface area contributed by atoms with E-state index < -0.39 is 0 Å². The van der Waals surface area contributed by atoms with E-state index in [4.69, 9.17) is 9.15 Å². The summed E-state index contributed by atoms with van der Waals surface area (Å²) in [5.74, 6) is 2.26. The monoisotopic (exact) mass is 337 g/mol. The van der Waals surface area contributed by atoms with Crippen LogP contribution in [0.15, 0.2) is 47.4 Å². The van der Waals surface area contributed by atoms with Crippen molar-refractivity contribution in [3.8, 4) is 0 Å². The quantitative estimate of drug-likeness (QED) is 0.902. The van der Waals surface area contributed by atoms with Gasteiger partial charge in [-0.05, 0) is 24.1 Å². The van der Waals surface area contributed by atoms with Crippen molar-refractivity contribution in [2.45, 2.75) is 25.8 Å². The average molecular weight is 337 g/mol. The van der Waals surface area contributed by atoms with Gasteiger partial charge in [0, 0.05) is 23.8 Å². The lowest BCUT2D eigenvalue weighted by Gasteiger charge is -2.12. The topological polar surface area (TPSA) is 51.5 Å². The van der Waals surface area contributed by atoms with Crippen LogP contribution in [0.4, 0.5) is 0 Å². The average Bonchev–Trinajstić information content (AvgIpc) is 3.04. The molecule has 130 valence electrons. The Balaban J connectivity index is 1.61. The molecule has 0 spiro atoms. The number of rotatable bonds is 5. The van der Waals surface area contributed by atoms with Gasteiger partial charge in [0.2, 0.25) is 0 Å².